The number of nitrogens with one attached hydrogen (secondary N) is 1. The molecule has 0 saturated carbocycles. The first kappa shape index (κ1) is 31.6. The van der Waals surface area contributed by atoms with E-state index in [1.807, 2.05) is 53.3 Å². The van der Waals surface area contributed by atoms with E-state index in [0.717, 1.165) is 59.3 Å². The molecule has 0 saturated heterocycles. The van der Waals surface area contributed by atoms with Crippen LogP contribution >= 0.6 is 0 Å². The first-order chi connectivity index (χ1) is 20.6. The monoisotopic (exact) mass is 587 g/mol. The number of rotatable bonds is 14. The van der Waals surface area contributed by atoms with Crippen molar-refractivity contribution in [3.63, 3.8) is 0 Å². The maximum absolute atomic E-state index is 12.3. The van der Waals surface area contributed by atoms with Gasteiger partial charge in [-0.05, 0) is 63.7 Å². The Bertz CT molecular complexity index is 1550. The SMILES string of the molecule is CCCC(C)OC(=O)CCc1ccc2c(c1)c(-c1ccnc(Nc3cc(N)c(N(C)CCN(C)C)cc3OC)n1)cn2C. The van der Waals surface area contributed by atoms with E-state index in [0.29, 0.717) is 35.9 Å². The van der Waals surface area contributed by atoms with Crippen molar-refractivity contribution >= 4 is 39.9 Å². The molecule has 0 radical (unpaired) electrons. The molecule has 0 spiro atoms. The van der Waals surface area contributed by atoms with Gasteiger partial charge in [0.15, 0.2) is 0 Å². The predicted molar refractivity (Wildman–Crippen MR) is 175 cm³/mol. The highest BCUT2D eigenvalue weighted by molar-refractivity contribution is 5.96. The number of nitrogen functional groups attached to an aromatic ring is 1. The normalized spacial score (nSPS) is 12.0. The zero-order valence-electron chi connectivity index (χ0n) is 26.5. The van der Waals surface area contributed by atoms with E-state index < -0.39 is 0 Å². The molecule has 2 aromatic heterocycles. The van der Waals surface area contributed by atoms with Crippen LogP contribution in [-0.4, -0.2) is 72.9 Å². The molecule has 10 heteroatoms. The van der Waals surface area contributed by atoms with E-state index in [9.17, 15) is 4.79 Å². The van der Waals surface area contributed by atoms with E-state index in [4.69, 9.17) is 20.2 Å². The van der Waals surface area contributed by atoms with Crippen LogP contribution in [0.3, 0.4) is 0 Å². The Balaban J connectivity index is 1.56. The average Bonchev–Trinajstić information content (AvgIpc) is 3.30. The van der Waals surface area contributed by atoms with Crippen LogP contribution in [0, 0.1) is 0 Å². The molecule has 0 amide bonds. The molecule has 1 atom stereocenters. The number of ether oxygens (including phenoxy) is 2. The Morgan fingerprint density at radius 2 is 1.93 bits per heavy atom. The molecule has 0 aliphatic heterocycles. The number of fused-ring (bicyclic) bond motifs is 1. The van der Waals surface area contributed by atoms with Gasteiger partial charge in [-0.2, -0.15) is 0 Å². The van der Waals surface area contributed by atoms with Gasteiger partial charge in [0.2, 0.25) is 5.95 Å². The Hall–Kier alpha value is -4.31. The van der Waals surface area contributed by atoms with Crippen molar-refractivity contribution in [3.05, 3.63) is 54.4 Å². The molecular formula is C33H45N7O3. The molecule has 10 nitrogen and oxygen atoms in total. The van der Waals surface area contributed by atoms with Gasteiger partial charge >= 0.3 is 5.97 Å². The summed E-state index contributed by atoms with van der Waals surface area (Å²) in [7, 11) is 9.76. The van der Waals surface area contributed by atoms with Crippen LogP contribution in [-0.2, 0) is 23.0 Å². The van der Waals surface area contributed by atoms with Crippen LogP contribution in [0.1, 0.15) is 38.7 Å². The first-order valence-corrected chi connectivity index (χ1v) is 14.8. The third kappa shape index (κ3) is 7.95. The van der Waals surface area contributed by atoms with Crippen molar-refractivity contribution in [2.75, 3.05) is 57.3 Å². The Morgan fingerprint density at radius 1 is 1.14 bits per heavy atom. The van der Waals surface area contributed by atoms with E-state index >= 15 is 0 Å². The highest BCUT2D eigenvalue weighted by Crippen LogP contribution is 2.37. The number of aryl methyl sites for hydroxylation is 2. The Labute approximate surface area is 254 Å². The number of likely N-dealkylation sites (N-methyl/N-ethyl adjacent to an activating group) is 2. The smallest absolute Gasteiger partial charge is 0.306 e. The van der Waals surface area contributed by atoms with Gasteiger partial charge in [-0.3, -0.25) is 4.79 Å². The number of methoxy groups -OCH3 is 1. The Kier molecular flexibility index (Phi) is 10.5. The van der Waals surface area contributed by atoms with E-state index in [-0.39, 0.29) is 12.1 Å². The van der Waals surface area contributed by atoms with Gasteiger partial charge in [-0.1, -0.05) is 19.4 Å². The maximum atomic E-state index is 12.3. The lowest BCUT2D eigenvalue weighted by Gasteiger charge is -2.24. The molecule has 0 bridgehead atoms. The highest BCUT2D eigenvalue weighted by atomic mass is 16.5. The summed E-state index contributed by atoms with van der Waals surface area (Å²) < 4.78 is 13.3. The molecule has 4 aromatic rings. The molecule has 230 valence electrons. The zero-order chi connectivity index (χ0) is 31.1. The quantitative estimate of drug-likeness (QED) is 0.143. The van der Waals surface area contributed by atoms with Gasteiger partial charge < -0.3 is 34.9 Å². The van der Waals surface area contributed by atoms with Gasteiger partial charge in [0, 0.05) is 68.5 Å². The van der Waals surface area contributed by atoms with Crippen molar-refractivity contribution in [2.24, 2.45) is 7.05 Å². The molecule has 0 aliphatic carbocycles. The lowest BCUT2D eigenvalue weighted by molar-refractivity contribution is -0.148. The van der Waals surface area contributed by atoms with Gasteiger partial charge in [0.25, 0.3) is 0 Å². The molecule has 2 aromatic carbocycles. The summed E-state index contributed by atoms with van der Waals surface area (Å²) in [6, 6.07) is 12.0. The van der Waals surface area contributed by atoms with E-state index in [2.05, 4.69) is 56.0 Å². The van der Waals surface area contributed by atoms with Crippen molar-refractivity contribution in [3.8, 4) is 17.0 Å². The Morgan fingerprint density at radius 3 is 2.65 bits per heavy atom. The number of esters is 1. The predicted octanol–water partition coefficient (Wildman–Crippen LogP) is 5.63. The highest BCUT2D eigenvalue weighted by Gasteiger charge is 2.16. The maximum Gasteiger partial charge on any atom is 0.306 e. The fourth-order valence-corrected chi connectivity index (χ4v) is 5.14. The van der Waals surface area contributed by atoms with Gasteiger partial charge in [0.05, 0.1) is 36.0 Å². The lowest BCUT2D eigenvalue weighted by Crippen LogP contribution is -2.29. The number of anilines is 4. The average molecular weight is 588 g/mol. The second kappa shape index (κ2) is 14.2. The number of hydrogen-bond donors (Lipinski definition) is 2. The minimum absolute atomic E-state index is 0.0509. The largest absolute Gasteiger partial charge is 0.494 e. The molecular weight excluding hydrogens is 542 g/mol. The molecule has 0 aliphatic rings. The van der Waals surface area contributed by atoms with Gasteiger partial charge in [-0.25, -0.2) is 9.97 Å². The molecule has 43 heavy (non-hydrogen) atoms. The van der Waals surface area contributed by atoms with Crippen LogP contribution in [0.25, 0.3) is 22.2 Å². The number of hydrogen-bond acceptors (Lipinski definition) is 9. The number of nitrogens with zero attached hydrogens (tertiary/aromatic N) is 5. The minimum atomic E-state index is -0.162. The van der Waals surface area contributed by atoms with E-state index in [1.165, 1.54) is 0 Å². The number of benzene rings is 2. The number of carbonyl (C=O) groups is 1. The van der Waals surface area contributed by atoms with Crippen molar-refractivity contribution in [1.29, 1.82) is 0 Å². The summed E-state index contributed by atoms with van der Waals surface area (Å²) in [5, 5.41) is 4.36. The third-order valence-corrected chi connectivity index (χ3v) is 7.52. The first-order valence-electron chi connectivity index (χ1n) is 14.8. The van der Waals surface area contributed by atoms with Crippen LogP contribution < -0.4 is 20.7 Å². The second-order valence-electron chi connectivity index (χ2n) is 11.3. The number of aromatic nitrogens is 3. The summed E-state index contributed by atoms with van der Waals surface area (Å²) in [5.74, 6) is 0.915. The van der Waals surface area contributed by atoms with Crippen LogP contribution in [0.2, 0.25) is 0 Å². The summed E-state index contributed by atoms with van der Waals surface area (Å²) in [6.07, 6.45) is 6.58. The lowest BCUT2D eigenvalue weighted by atomic mass is 10.0. The van der Waals surface area contributed by atoms with Crippen molar-refractivity contribution in [1.82, 2.24) is 19.4 Å². The number of carbonyl (C=O) groups excluding carboxylic acids is 1. The molecule has 3 N–H and O–H groups in total. The van der Waals surface area contributed by atoms with Gasteiger partial charge in [0.1, 0.15) is 5.75 Å². The molecule has 4 rings (SSSR count). The third-order valence-electron chi connectivity index (χ3n) is 7.52. The fraction of sp³-hybridized carbons (Fsp3) is 0.424. The van der Waals surface area contributed by atoms with Crippen LogP contribution in [0.4, 0.5) is 23.0 Å². The van der Waals surface area contributed by atoms with Crippen LogP contribution in [0.5, 0.6) is 5.75 Å². The minimum Gasteiger partial charge on any atom is -0.494 e. The fourth-order valence-electron chi connectivity index (χ4n) is 5.14. The summed E-state index contributed by atoms with van der Waals surface area (Å²) >= 11 is 0. The molecule has 2 heterocycles. The molecule has 1 unspecified atom stereocenters. The van der Waals surface area contributed by atoms with Crippen molar-refractivity contribution < 1.29 is 14.3 Å². The van der Waals surface area contributed by atoms with E-state index in [1.54, 1.807) is 13.3 Å². The van der Waals surface area contributed by atoms with Crippen LogP contribution in [0.15, 0.2) is 48.8 Å². The summed E-state index contributed by atoms with van der Waals surface area (Å²) in [5.41, 5.74) is 12.6. The van der Waals surface area contributed by atoms with Crippen molar-refractivity contribution in [2.45, 2.75) is 45.6 Å². The second-order valence-corrected chi connectivity index (χ2v) is 11.3. The topological polar surface area (TPSA) is 111 Å². The zero-order valence-corrected chi connectivity index (χ0v) is 26.5. The number of nitrogens with two attached hydrogens (primary N) is 1. The summed E-state index contributed by atoms with van der Waals surface area (Å²) in [6.45, 7) is 5.76. The molecule has 0 fully saturated rings. The standard InChI is InChI=1S/C33H45N7O3/c1-8-9-22(2)43-32(41)13-11-23-10-12-29-24(18-23)25(21-40(29)6)27-14-15-35-33(36-27)37-28-19-26(34)30(20-31(28)42-7)39(5)17-16-38(3)4/h10,12,14-15,18-22H,8-9,11,13,16-17,34H2,1-7H3,(H,35,36,37). The van der Waals surface area contributed by atoms with Gasteiger partial charge in [-0.15, -0.1) is 0 Å². The summed E-state index contributed by atoms with van der Waals surface area (Å²) in [4.78, 5) is 25.9.